The molecule has 2 nitrogen and oxygen atoms in total. The zero-order chi connectivity index (χ0) is 28.8. The third-order valence-corrected chi connectivity index (χ3v) is 25.4. The van der Waals surface area contributed by atoms with Crippen LogP contribution < -0.4 is 0 Å². The van der Waals surface area contributed by atoms with Crippen molar-refractivity contribution in [1.82, 2.24) is 0 Å². The summed E-state index contributed by atoms with van der Waals surface area (Å²) in [4.78, 5) is 0. The van der Waals surface area contributed by atoms with E-state index < -0.39 is 33.3 Å². The highest BCUT2D eigenvalue weighted by Gasteiger charge is 2.73. The minimum atomic E-state index is -2.80. The van der Waals surface area contributed by atoms with Crippen LogP contribution in [-0.4, -0.2) is 33.3 Å². The second kappa shape index (κ2) is 9.48. The van der Waals surface area contributed by atoms with Crippen molar-refractivity contribution in [2.75, 3.05) is 0 Å². The normalized spacial score (nSPS) is 30.9. The lowest BCUT2D eigenvalue weighted by Gasteiger charge is -2.70. The van der Waals surface area contributed by atoms with Crippen molar-refractivity contribution in [1.29, 1.82) is 0 Å². The van der Waals surface area contributed by atoms with E-state index in [0.29, 0.717) is 5.41 Å². The van der Waals surface area contributed by atoms with Crippen LogP contribution in [0.15, 0.2) is 71.1 Å². The van der Waals surface area contributed by atoms with E-state index in [2.05, 4.69) is 120 Å². The highest BCUT2D eigenvalue weighted by molar-refractivity contribution is 7.01. The molecule has 0 amide bonds. The second-order valence-electron chi connectivity index (χ2n) is 16.4. The van der Waals surface area contributed by atoms with Crippen molar-refractivity contribution in [3.63, 3.8) is 0 Å². The minimum Gasteiger partial charge on any atom is -0.434 e. The van der Waals surface area contributed by atoms with Crippen molar-refractivity contribution in [3.05, 3.63) is 82.2 Å². The highest BCUT2D eigenvalue weighted by Crippen LogP contribution is 2.72. The number of hydrogen-bond acceptors (Lipinski definition) is 2. The molecular formula is C34H52O2Si4. The number of benzene rings is 2. The van der Waals surface area contributed by atoms with E-state index in [0.717, 1.165) is 17.8 Å². The summed E-state index contributed by atoms with van der Waals surface area (Å²) in [5, 5.41) is 3.44. The average Bonchev–Trinajstić information content (AvgIpc) is 2.81. The van der Waals surface area contributed by atoms with Crippen molar-refractivity contribution < 1.29 is 8.23 Å². The van der Waals surface area contributed by atoms with Gasteiger partial charge < -0.3 is 8.23 Å². The predicted octanol–water partition coefficient (Wildman–Crippen LogP) is 9.60. The van der Waals surface area contributed by atoms with Crippen LogP contribution in [0.2, 0.25) is 58.9 Å². The van der Waals surface area contributed by atoms with Crippen molar-refractivity contribution in [3.8, 4) is 0 Å². The van der Waals surface area contributed by atoms with Gasteiger partial charge in [-0.05, 0) is 124 Å². The van der Waals surface area contributed by atoms with Gasteiger partial charge in [0.25, 0.3) is 0 Å². The van der Waals surface area contributed by atoms with Gasteiger partial charge in [0.1, 0.15) is 0 Å². The van der Waals surface area contributed by atoms with E-state index in [1.807, 2.05) is 5.20 Å². The molecule has 4 bridgehead atoms. The van der Waals surface area contributed by atoms with Crippen LogP contribution in [0.4, 0.5) is 0 Å². The molecule has 7 rings (SSSR count). The summed E-state index contributed by atoms with van der Waals surface area (Å²) in [5.41, 5.74) is 3.31. The van der Waals surface area contributed by atoms with Crippen molar-refractivity contribution >= 4 is 33.3 Å². The lowest BCUT2D eigenvalue weighted by atomic mass is 9.49. The van der Waals surface area contributed by atoms with Crippen LogP contribution in [0, 0.1) is 23.2 Å². The molecule has 0 aromatic heterocycles. The van der Waals surface area contributed by atoms with Crippen LogP contribution in [-0.2, 0) is 13.3 Å². The molecule has 6 heteroatoms. The molecule has 0 unspecified atom stereocenters. The van der Waals surface area contributed by atoms with Gasteiger partial charge in [0.2, 0.25) is 0 Å². The summed E-state index contributed by atoms with van der Waals surface area (Å²) in [6, 6.07) is 23.1. The number of rotatable bonds is 8. The Labute approximate surface area is 248 Å². The maximum atomic E-state index is 7.54. The molecule has 4 fully saturated rings. The van der Waals surface area contributed by atoms with E-state index in [1.54, 1.807) is 5.20 Å². The summed E-state index contributed by atoms with van der Waals surface area (Å²) in [7, 11) is -8.72. The van der Waals surface area contributed by atoms with Crippen LogP contribution in [0.25, 0.3) is 0 Å². The highest BCUT2D eigenvalue weighted by atomic mass is 28.5. The molecule has 5 aliphatic rings. The van der Waals surface area contributed by atoms with Gasteiger partial charge in [0.05, 0.1) is 8.07 Å². The van der Waals surface area contributed by atoms with Crippen molar-refractivity contribution in [2.45, 2.75) is 102 Å². The lowest BCUT2D eigenvalue weighted by molar-refractivity contribution is -0.0289. The van der Waals surface area contributed by atoms with Crippen LogP contribution in [0.3, 0.4) is 0 Å². The monoisotopic (exact) mass is 604 g/mol. The van der Waals surface area contributed by atoms with Gasteiger partial charge >= 0.3 is 8.56 Å². The predicted molar refractivity (Wildman–Crippen MR) is 179 cm³/mol. The van der Waals surface area contributed by atoms with E-state index in [-0.39, 0.29) is 5.04 Å². The molecular weight excluding hydrogens is 553 g/mol. The molecule has 0 atom stereocenters. The Balaban J connectivity index is 1.71. The molecule has 0 saturated heterocycles. The first-order chi connectivity index (χ1) is 18.6. The van der Waals surface area contributed by atoms with E-state index in [1.165, 1.54) is 49.7 Å². The Bertz CT molecular complexity index is 1200. The quantitative estimate of drug-likeness (QED) is 0.279. The maximum Gasteiger partial charge on any atom is 0.345 e. The molecule has 4 aliphatic carbocycles. The first kappa shape index (κ1) is 29.1. The Morgan fingerprint density at radius 2 is 1.00 bits per heavy atom. The minimum absolute atomic E-state index is 0.117. The fraction of sp³-hybridized carbons (Fsp3) is 0.588. The van der Waals surface area contributed by atoms with Crippen LogP contribution in [0.1, 0.15) is 49.7 Å². The molecule has 2 aromatic carbocycles. The largest absolute Gasteiger partial charge is 0.434 e. The van der Waals surface area contributed by atoms with Crippen LogP contribution >= 0.6 is 0 Å². The third-order valence-electron chi connectivity index (χ3n) is 10.6. The van der Waals surface area contributed by atoms with Gasteiger partial charge in [-0.2, -0.15) is 0 Å². The SMILES string of the molecule is C[Si](C)(C)O[Si](C)(O[Si](C)(C)C)C1=C(C23CC4CC(CC(C4)C2)C3)[Si](C)(C)C1(c1ccccc1)c1ccccc1. The van der Waals surface area contributed by atoms with Gasteiger partial charge in [-0.15, -0.1) is 0 Å². The van der Waals surface area contributed by atoms with Gasteiger partial charge in [-0.3, -0.25) is 0 Å². The number of allylic oxidation sites excluding steroid dienone is 2. The Kier molecular flexibility index (Phi) is 6.89. The number of hydrogen-bond donors (Lipinski definition) is 0. The molecule has 40 heavy (non-hydrogen) atoms. The summed E-state index contributed by atoms with van der Waals surface area (Å²) < 4.78 is 15.1. The topological polar surface area (TPSA) is 18.5 Å². The Morgan fingerprint density at radius 3 is 1.35 bits per heavy atom. The second-order valence-corrected chi connectivity index (χ2v) is 33.4. The Morgan fingerprint density at radius 1 is 0.625 bits per heavy atom. The molecule has 4 saturated carbocycles. The lowest BCUT2D eigenvalue weighted by Crippen LogP contribution is -2.75. The first-order valence-corrected chi connectivity index (χ1v) is 28.0. The summed E-state index contributed by atoms with van der Waals surface area (Å²) >= 11 is 0. The van der Waals surface area contributed by atoms with Crippen molar-refractivity contribution in [2.24, 2.45) is 23.2 Å². The maximum absolute atomic E-state index is 7.54. The van der Waals surface area contributed by atoms with Crippen LogP contribution in [0.5, 0.6) is 0 Å². The standard InChI is InChI=1S/C34H52O2Si4/c1-37(2,3)35-40(9,36-38(4,5)6)32-31(33-23-26-20-27(24-33)22-28(21-26)25-33)39(7,8)34(32,29-16-12-10-13-17-29)30-18-14-11-15-19-30/h10-19,26-28H,20-25H2,1-9H3. The Hall–Kier alpha value is -1.03. The first-order valence-electron chi connectivity index (χ1n) is 15.9. The zero-order valence-electron chi connectivity index (χ0n) is 26.6. The van der Waals surface area contributed by atoms with Gasteiger partial charge in [-0.1, -0.05) is 79.0 Å². The zero-order valence-corrected chi connectivity index (χ0v) is 30.6. The fourth-order valence-electron chi connectivity index (χ4n) is 10.7. The van der Waals surface area contributed by atoms with E-state index in [9.17, 15) is 0 Å². The summed E-state index contributed by atoms with van der Waals surface area (Å²) in [6.07, 6.45) is 8.70. The van der Waals surface area contributed by atoms with E-state index >= 15 is 0 Å². The molecule has 216 valence electrons. The third kappa shape index (κ3) is 4.51. The molecule has 0 N–H and O–H groups in total. The molecule has 1 heterocycles. The van der Waals surface area contributed by atoms with Gasteiger partial charge in [0.15, 0.2) is 16.6 Å². The smallest absolute Gasteiger partial charge is 0.345 e. The van der Waals surface area contributed by atoms with E-state index in [4.69, 9.17) is 8.23 Å². The van der Waals surface area contributed by atoms with Gasteiger partial charge in [0, 0.05) is 5.04 Å². The summed E-state index contributed by atoms with van der Waals surface area (Å²) in [5.74, 6) is 2.78. The average molecular weight is 605 g/mol. The molecule has 0 radical (unpaired) electrons. The van der Waals surface area contributed by atoms with Gasteiger partial charge in [-0.25, -0.2) is 0 Å². The molecule has 2 aromatic rings. The molecule has 1 aliphatic heterocycles. The fourth-order valence-corrected chi connectivity index (χ4v) is 31.5. The molecule has 0 spiro atoms. The summed E-state index contributed by atoms with van der Waals surface area (Å²) in [6.45, 7) is 22.2.